The van der Waals surface area contributed by atoms with Crippen LogP contribution in [0, 0.1) is 13.8 Å². The lowest BCUT2D eigenvalue weighted by Gasteiger charge is -2.08. The van der Waals surface area contributed by atoms with Gasteiger partial charge in [0.25, 0.3) is 0 Å². The van der Waals surface area contributed by atoms with Crippen LogP contribution in [-0.4, -0.2) is 10.2 Å². The Balaban J connectivity index is 1.55. The summed E-state index contributed by atoms with van der Waals surface area (Å²) in [6.07, 6.45) is 2.59. The second-order valence-electron chi connectivity index (χ2n) is 5.27. The van der Waals surface area contributed by atoms with Gasteiger partial charge in [0.2, 0.25) is 0 Å². The van der Waals surface area contributed by atoms with E-state index in [1.807, 2.05) is 0 Å². The van der Waals surface area contributed by atoms with Gasteiger partial charge in [-0.25, -0.2) is 0 Å². The number of nitrogens with one attached hydrogen (secondary N) is 1. The molecular weight excluding hydrogens is 254 g/mol. The Morgan fingerprint density at radius 3 is 2.84 bits per heavy atom. The van der Waals surface area contributed by atoms with Crippen LogP contribution >= 0.6 is 11.3 Å². The maximum atomic E-state index is 4.26. The van der Waals surface area contributed by atoms with Gasteiger partial charge in [-0.2, -0.15) is 0 Å². The van der Waals surface area contributed by atoms with Crippen molar-refractivity contribution < 1.29 is 0 Å². The van der Waals surface area contributed by atoms with Gasteiger partial charge < -0.3 is 5.32 Å². The van der Waals surface area contributed by atoms with Gasteiger partial charge in [-0.05, 0) is 43.4 Å². The lowest BCUT2D eigenvalue weighted by atomic mass is 10.0. The largest absolute Gasteiger partial charge is 0.306 e. The van der Waals surface area contributed by atoms with Crippen molar-refractivity contribution in [3.63, 3.8) is 0 Å². The Kier molecular flexibility index (Phi) is 3.62. The first kappa shape index (κ1) is 12.8. The van der Waals surface area contributed by atoms with E-state index in [1.165, 1.54) is 34.5 Å². The van der Waals surface area contributed by atoms with E-state index < -0.39 is 0 Å². The fraction of sp³-hybridized carbons (Fsp3) is 0.467. The summed E-state index contributed by atoms with van der Waals surface area (Å²) in [6, 6.07) is 6.46. The molecule has 1 aromatic carbocycles. The van der Waals surface area contributed by atoms with Crippen molar-refractivity contribution in [1.29, 1.82) is 0 Å². The zero-order valence-electron chi connectivity index (χ0n) is 11.4. The maximum absolute atomic E-state index is 4.26. The van der Waals surface area contributed by atoms with Crippen molar-refractivity contribution in [1.82, 2.24) is 15.5 Å². The topological polar surface area (TPSA) is 37.8 Å². The van der Waals surface area contributed by atoms with E-state index in [0.717, 1.165) is 18.1 Å². The Morgan fingerprint density at radius 2 is 2.05 bits per heavy atom. The number of rotatable bonds is 5. The van der Waals surface area contributed by atoms with E-state index in [2.05, 4.69) is 47.6 Å². The number of nitrogens with zero attached hydrogens (tertiary/aromatic N) is 2. The van der Waals surface area contributed by atoms with E-state index in [1.54, 1.807) is 11.3 Å². The van der Waals surface area contributed by atoms with Gasteiger partial charge in [-0.3, -0.25) is 0 Å². The molecule has 2 aromatic rings. The van der Waals surface area contributed by atoms with Crippen molar-refractivity contribution in [3.8, 4) is 0 Å². The molecule has 4 heteroatoms. The lowest BCUT2D eigenvalue weighted by Crippen LogP contribution is -2.13. The van der Waals surface area contributed by atoms with Crippen LogP contribution in [0.25, 0.3) is 0 Å². The molecule has 0 unspecified atom stereocenters. The molecule has 1 aliphatic rings. The van der Waals surface area contributed by atoms with E-state index >= 15 is 0 Å². The fourth-order valence-electron chi connectivity index (χ4n) is 2.14. The van der Waals surface area contributed by atoms with Crippen molar-refractivity contribution in [2.75, 3.05) is 0 Å². The van der Waals surface area contributed by atoms with Crippen molar-refractivity contribution in [2.45, 2.75) is 45.7 Å². The maximum Gasteiger partial charge on any atom is 0.131 e. The predicted molar refractivity (Wildman–Crippen MR) is 78.3 cm³/mol. The molecule has 1 fully saturated rings. The Hall–Kier alpha value is -1.26. The van der Waals surface area contributed by atoms with E-state index in [0.29, 0.717) is 5.92 Å². The monoisotopic (exact) mass is 273 g/mol. The van der Waals surface area contributed by atoms with Crippen LogP contribution in [0.15, 0.2) is 18.2 Å². The van der Waals surface area contributed by atoms with Crippen LogP contribution < -0.4 is 5.32 Å². The second kappa shape index (κ2) is 5.39. The normalized spacial score (nSPS) is 14.8. The van der Waals surface area contributed by atoms with Gasteiger partial charge in [0, 0.05) is 19.0 Å². The minimum absolute atomic E-state index is 0.713. The van der Waals surface area contributed by atoms with Crippen LogP contribution in [0.3, 0.4) is 0 Å². The van der Waals surface area contributed by atoms with Gasteiger partial charge in [-0.15, -0.1) is 10.2 Å². The first-order valence-electron chi connectivity index (χ1n) is 6.82. The van der Waals surface area contributed by atoms with Crippen molar-refractivity contribution >= 4 is 11.3 Å². The van der Waals surface area contributed by atoms with E-state index in [-0.39, 0.29) is 0 Å². The zero-order chi connectivity index (χ0) is 13.2. The molecule has 0 spiro atoms. The SMILES string of the molecule is Cc1cccc(CNCc2nnc(C3CC3)s2)c1C. The molecule has 0 saturated heterocycles. The van der Waals surface area contributed by atoms with Gasteiger partial charge in [0.1, 0.15) is 10.0 Å². The summed E-state index contributed by atoms with van der Waals surface area (Å²) in [5, 5.41) is 14.3. The number of aromatic nitrogens is 2. The highest BCUT2D eigenvalue weighted by molar-refractivity contribution is 7.11. The van der Waals surface area contributed by atoms with E-state index in [9.17, 15) is 0 Å². The van der Waals surface area contributed by atoms with Gasteiger partial charge >= 0.3 is 0 Å². The highest BCUT2D eigenvalue weighted by atomic mass is 32.1. The molecule has 0 aliphatic heterocycles. The van der Waals surface area contributed by atoms with E-state index in [4.69, 9.17) is 0 Å². The number of aryl methyl sites for hydroxylation is 1. The third-order valence-corrected chi connectivity index (χ3v) is 4.80. The first-order chi connectivity index (χ1) is 9.24. The molecule has 3 nitrogen and oxygen atoms in total. The highest BCUT2D eigenvalue weighted by Gasteiger charge is 2.27. The first-order valence-corrected chi connectivity index (χ1v) is 7.64. The quantitative estimate of drug-likeness (QED) is 0.908. The van der Waals surface area contributed by atoms with Crippen LogP contribution in [0.2, 0.25) is 0 Å². The molecule has 19 heavy (non-hydrogen) atoms. The Bertz CT molecular complexity index is 573. The number of hydrogen-bond donors (Lipinski definition) is 1. The molecule has 0 radical (unpaired) electrons. The van der Waals surface area contributed by atoms with Crippen molar-refractivity contribution in [3.05, 3.63) is 44.9 Å². The summed E-state index contributed by atoms with van der Waals surface area (Å²) in [4.78, 5) is 0. The number of hydrogen-bond acceptors (Lipinski definition) is 4. The lowest BCUT2D eigenvalue weighted by molar-refractivity contribution is 0.680. The standard InChI is InChI=1S/C15H19N3S/c1-10-4-3-5-13(11(10)2)8-16-9-14-17-18-15(19-14)12-6-7-12/h3-5,12,16H,6-9H2,1-2H3. The van der Waals surface area contributed by atoms with Crippen LogP contribution in [-0.2, 0) is 13.1 Å². The minimum Gasteiger partial charge on any atom is -0.306 e. The summed E-state index contributed by atoms with van der Waals surface area (Å²) in [5.74, 6) is 0.713. The summed E-state index contributed by atoms with van der Waals surface area (Å²) in [5.41, 5.74) is 4.10. The average molecular weight is 273 g/mol. The van der Waals surface area contributed by atoms with Crippen LogP contribution in [0.5, 0.6) is 0 Å². The second-order valence-corrected chi connectivity index (χ2v) is 6.36. The molecule has 1 heterocycles. The molecule has 1 aliphatic carbocycles. The zero-order valence-corrected chi connectivity index (χ0v) is 12.3. The third kappa shape index (κ3) is 3.01. The highest BCUT2D eigenvalue weighted by Crippen LogP contribution is 2.41. The van der Waals surface area contributed by atoms with Gasteiger partial charge in [0.05, 0.1) is 0 Å². The van der Waals surface area contributed by atoms with Gasteiger partial charge in [0.15, 0.2) is 0 Å². The molecule has 1 N–H and O–H groups in total. The van der Waals surface area contributed by atoms with Gasteiger partial charge in [-0.1, -0.05) is 29.5 Å². The summed E-state index contributed by atoms with van der Waals surface area (Å²) >= 11 is 1.76. The summed E-state index contributed by atoms with van der Waals surface area (Å²) in [6.45, 7) is 6.05. The molecule has 0 bridgehead atoms. The van der Waals surface area contributed by atoms with Crippen LogP contribution in [0.4, 0.5) is 0 Å². The molecule has 0 atom stereocenters. The minimum atomic E-state index is 0.713. The predicted octanol–water partition coefficient (Wildman–Crippen LogP) is 3.32. The summed E-state index contributed by atoms with van der Waals surface area (Å²) < 4.78 is 0. The average Bonchev–Trinajstić information content (AvgIpc) is 3.15. The molecule has 1 aromatic heterocycles. The molecule has 3 rings (SSSR count). The fourth-order valence-corrected chi connectivity index (χ4v) is 3.12. The molecule has 1 saturated carbocycles. The smallest absolute Gasteiger partial charge is 0.131 e. The third-order valence-electron chi connectivity index (χ3n) is 3.72. The molecular formula is C15H19N3S. The molecule has 100 valence electrons. The Labute approximate surface area is 118 Å². The summed E-state index contributed by atoms with van der Waals surface area (Å²) in [7, 11) is 0. The molecule has 0 amide bonds. The number of benzene rings is 1. The Morgan fingerprint density at radius 1 is 1.21 bits per heavy atom. The van der Waals surface area contributed by atoms with Crippen molar-refractivity contribution in [2.24, 2.45) is 0 Å². The van der Waals surface area contributed by atoms with Crippen LogP contribution in [0.1, 0.15) is 45.5 Å².